The number of carboxylic acids is 1. The Kier molecular flexibility index (Phi) is 4.68. The molecule has 122 valence electrons. The predicted octanol–water partition coefficient (Wildman–Crippen LogP) is 3.26. The molecule has 1 aliphatic carbocycles. The third-order valence-electron chi connectivity index (χ3n) is 3.84. The molecule has 1 unspecified atom stereocenters. The Morgan fingerprint density at radius 2 is 1.78 bits per heavy atom. The summed E-state index contributed by atoms with van der Waals surface area (Å²) >= 11 is 0. The largest absolute Gasteiger partial charge is 0.506 e. The van der Waals surface area contributed by atoms with Gasteiger partial charge in [-0.05, 0) is 18.8 Å². The Morgan fingerprint density at radius 1 is 1.17 bits per heavy atom. The Labute approximate surface area is 135 Å². The lowest BCUT2D eigenvalue weighted by molar-refractivity contribution is -0.138. The summed E-state index contributed by atoms with van der Waals surface area (Å²) < 4.78 is 0. The number of aliphatic hydroxyl groups excluding tert-OH is 1. The minimum atomic E-state index is -1.06. The molecule has 1 aromatic rings. The molecule has 0 aromatic heterocycles. The summed E-state index contributed by atoms with van der Waals surface area (Å²) in [5, 5.41) is 19.6. The smallest absolute Gasteiger partial charge is 0.328 e. The Bertz CT molecular complexity index is 686. The highest BCUT2D eigenvalue weighted by molar-refractivity contribution is 6.28. The standard InChI is InChI=1S/C18H21NO4/c1-11(17(22)23)19-13-9-18(2,3)10-14(20)15(13)16(21)12-7-5-4-6-8-12/h4-8,11,21H,9-10H2,1-3H3,(H,22,23)/b16-15-,19-13?. The van der Waals surface area contributed by atoms with Gasteiger partial charge in [0.05, 0.1) is 11.3 Å². The SMILES string of the molecule is CC(N=C1CC(C)(C)CC(=O)/C1=C(\O)c1ccccc1)C(=O)O. The highest BCUT2D eigenvalue weighted by atomic mass is 16.4. The normalized spacial score (nSPS) is 22.7. The number of nitrogens with zero attached hydrogens (tertiary/aromatic N) is 1. The molecule has 0 spiro atoms. The molecule has 1 aromatic carbocycles. The fraction of sp³-hybridized carbons (Fsp3) is 0.389. The summed E-state index contributed by atoms with van der Waals surface area (Å²) in [6, 6.07) is 7.78. The third kappa shape index (κ3) is 3.86. The Hall–Kier alpha value is -2.43. The molecule has 0 radical (unpaired) electrons. The van der Waals surface area contributed by atoms with Crippen molar-refractivity contribution < 1.29 is 19.8 Å². The minimum absolute atomic E-state index is 0.137. The van der Waals surface area contributed by atoms with Crippen LogP contribution in [0.15, 0.2) is 40.9 Å². The van der Waals surface area contributed by atoms with Crippen molar-refractivity contribution in [3.63, 3.8) is 0 Å². The number of aliphatic carboxylic acids is 1. The van der Waals surface area contributed by atoms with E-state index in [2.05, 4.69) is 4.99 Å². The average molecular weight is 315 g/mol. The van der Waals surface area contributed by atoms with E-state index in [1.807, 2.05) is 19.9 Å². The predicted molar refractivity (Wildman–Crippen MR) is 88.5 cm³/mol. The first-order chi connectivity index (χ1) is 10.7. The number of hydrogen-bond donors (Lipinski definition) is 2. The average Bonchev–Trinajstić information content (AvgIpc) is 2.46. The van der Waals surface area contributed by atoms with E-state index < -0.39 is 12.0 Å². The maximum absolute atomic E-state index is 12.5. The zero-order valence-corrected chi connectivity index (χ0v) is 13.5. The van der Waals surface area contributed by atoms with Gasteiger partial charge in [0.25, 0.3) is 0 Å². The summed E-state index contributed by atoms with van der Waals surface area (Å²) in [5.41, 5.74) is 0.714. The van der Waals surface area contributed by atoms with Crippen LogP contribution >= 0.6 is 0 Å². The van der Waals surface area contributed by atoms with Crippen LogP contribution in [0.3, 0.4) is 0 Å². The molecule has 0 amide bonds. The maximum atomic E-state index is 12.5. The fourth-order valence-electron chi connectivity index (χ4n) is 2.70. The lowest BCUT2D eigenvalue weighted by atomic mass is 9.73. The van der Waals surface area contributed by atoms with Gasteiger partial charge in [0.15, 0.2) is 5.78 Å². The zero-order valence-electron chi connectivity index (χ0n) is 13.5. The van der Waals surface area contributed by atoms with Crippen molar-refractivity contribution in [3.05, 3.63) is 41.5 Å². The molecule has 0 saturated heterocycles. The summed E-state index contributed by atoms with van der Waals surface area (Å²) in [5.74, 6) is -1.41. The summed E-state index contributed by atoms with van der Waals surface area (Å²) in [7, 11) is 0. The molecule has 1 atom stereocenters. The van der Waals surface area contributed by atoms with Gasteiger partial charge in [0.1, 0.15) is 11.8 Å². The second kappa shape index (κ2) is 6.36. The minimum Gasteiger partial charge on any atom is -0.506 e. The number of allylic oxidation sites excluding steroid dienone is 1. The second-order valence-corrected chi connectivity index (χ2v) is 6.62. The van der Waals surface area contributed by atoms with Gasteiger partial charge in [-0.15, -0.1) is 0 Å². The van der Waals surface area contributed by atoms with Crippen LogP contribution in [0.2, 0.25) is 0 Å². The van der Waals surface area contributed by atoms with Crippen LogP contribution < -0.4 is 0 Å². The van der Waals surface area contributed by atoms with Crippen LogP contribution in [-0.4, -0.2) is 33.7 Å². The Balaban J connectivity index is 2.57. The van der Waals surface area contributed by atoms with Crippen molar-refractivity contribution in [3.8, 4) is 0 Å². The zero-order chi connectivity index (χ0) is 17.2. The summed E-state index contributed by atoms with van der Waals surface area (Å²) in [6.45, 7) is 5.32. The number of hydrogen-bond acceptors (Lipinski definition) is 4. The topological polar surface area (TPSA) is 87.0 Å². The van der Waals surface area contributed by atoms with Crippen molar-refractivity contribution in [1.29, 1.82) is 0 Å². The van der Waals surface area contributed by atoms with E-state index in [-0.39, 0.29) is 22.5 Å². The van der Waals surface area contributed by atoms with Gasteiger partial charge in [-0.2, -0.15) is 0 Å². The molecule has 5 heteroatoms. The van der Waals surface area contributed by atoms with Gasteiger partial charge in [-0.1, -0.05) is 44.2 Å². The molecule has 1 fully saturated rings. The number of aliphatic hydroxyl groups is 1. The number of aliphatic imine (C=N–C) groups is 1. The number of benzene rings is 1. The maximum Gasteiger partial charge on any atom is 0.328 e. The van der Waals surface area contributed by atoms with Gasteiger partial charge in [0.2, 0.25) is 0 Å². The summed E-state index contributed by atoms with van der Waals surface area (Å²) in [6.07, 6.45) is 0.738. The van der Waals surface area contributed by atoms with E-state index in [9.17, 15) is 14.7 Å². The highest BCUT2D eigenvalue weighted by Crippen LogP contribution is 2.36. The van der Waals surface area contributed by atoms with Crippen molar-refractivity contribution in [2.24, 2.45) is 10.4 Å². The van der Waals surface area contributed by atoms with Crippen LogP contribution in [0.1, 0.15) is 39.2 Å². The van der Waals surface area contributed by atoms with Crippen LogP contribution in [0.5, 0.6) is 0 Å². The van der Waals surface area contributed by atoms with Crippen molar-refractivity contribution in [2.75, 3.05) is 0 Å². The monoisotopic (exact) mass is 315 g/mol. The van der Waals surface area contributed by atoms with Gasteiger partial charge in [-0.25, -0.2) is 4.79 Å². The first kappa shape index (κ1) is 16.9. The quantitative estimate of drug-likeness (QED) is 0.662. The molecule has 0 aliphatic heterocycles. The highest BCUT2D eigenvalue weighted by Gasteiger charge is 2.37. The van der Waals surface area contributed by atoms with Crippen molar-refractivity contribution in [2.45, 2.75) is 39.7 Å². The number of Topliss-reactive ketones (excluding diaryl/α,β-unsaturated/α-hetero) is 1. The number of carbonyl (C=O) groups excluding carboxylic acids is 1. The molecule has 0 bridgehead atoms. The van der Waals surface area contributed by atoms with Crippen molar-refractivity contribution >= 4 is 23.2 Å². The Morgan fingerprint density at radius 3 is 2.35 bits per heavy atom. The second-order valence-electron chi connectivity index (χ2n) is 6.62. The summed E-state index contributed by atoms with van der Waals surface area (Å²) in [4.78, 5) is 27.8. The molecular formula is C18H21NO4. The van der Waals surface area contributed by atoms with Gasteiger partial charge in [0, 0.05) is 12.0 Å². The molecule has 0 heterocycles. The van der Waals surface area contributed by atoms with Crippen LogP contribution in [-0.2, 0) is 9.59 Å². The third-order valence-corrected chi connectivity index (χ3v) is 3.84. The van der Waals surface area contributed by atoms with E-state index in [1.165, 1.54) is 6.92 Å². The molecule has 2 rings (SSSR count). The van der Waals surface area contributed by atoms with Crippen LogP contribution in [0, 0.1) is 5.41 Å². The van der Waals surface area contributed by atoms with Gasteiger partial charge >= 0.3 is 5.97 Å². The van der Waals surface area contributed by atoms with Gasteiger partial charge in [-0.3, -0.25) is 9.79 Å². The number of carboxylic acid groups (broad SMARTS) is 1. The van der Waals surface area contributed by atoms with Crippen LogP contribution in [0.4, 0.5) is 0 Å². The van der Waals surface area contributed by atoms with E-state index in [0.29, 0.717) is 24.1 Å². The van der Waals surface area contributed by atoms with E-state index in [1.54, 1.807) is 24.3 Å². The molecule has 5 nitrogen and oxygen atoms in total. The molecule has 1 saturated carbocycles. The first-order valence-electron chi connectivity index (χ1n) is 7.53. The molecular weight excluding hydrogens is 294 g/mol. The fourth-order valence-corrected chi connectivity index (χ4v) is 2.70. The van der Waals surface area contributed by atoms with E-state index in [4.69, 9.17) is 5.11 Å². The van der Waals surface area contributed by atoms with E-state index in [0.717, 1.165) is 0 Å². The van der Waals surface area contributed by atoms with Crippen molar-refractivity contribution in [1.82, 2.24) is 0 Å². The van der Waals surface area contributed by atoms with E-state index >= 15 is 0 Å². The number of rotatable bonds is 3. The first-order valence-corrected chi connectivity index (χ1v) is 7.53. The number of carbonyl (C=O) groups is 2. The van der Waals surface area contributed by atoms with Crippen LogP contribution in [0.25, 0.3) is 5.76 Å². The molecule has 2 N–H and O–H groups in total. The number of ketones is 1. The van der Waals surface area contributed by atoms with Gasteiger partial charge < -0.3 is 10.2 Å². The molecule has 23 heavy (non-hydrogen) atoms. The molecule has 1 aliphatic rings. The lowest BCUT2D eigenvalue weighted by Gasteiger charge is -2.31. The lowest BCUT2D eigenvalue weighted by Crippen LogP contribution is -2.33.